The number of rotatable bonds is 1. The summed E-state index contributed by atoms with van der Waals surface area (Å²) in [4.78, 5) is 12.8. The predicted octanol–water partition coefficient (Wildman–Crippen LogP) is 2.36. The van der Waals surface area contributed by atoms with E-state index >= 15 is 0 Å². The van der Waals surface area contributed by atoms with Gasteiger partial charge in [0.25, 0.3) is 11.5 Å². The molecule has 0 aliphatic heterocycles. The van der Waals surface area contributed by atoms with E-state index in [0.717, 1.165) is 22.4 Å². The molecule has 24 heavy (non-hydrogen) atoms. The third kappa shape index (κ3) is 2.05. The molecule has 1 aromatic carbocycles. The number of fused-ring (bicyclic) bond motifs is 2. The zero-order valence-corrected chi connectivity index (χ0v) is 14.0. The van der Waals surface area contributed by atoms with Gasteiger partial charge in [0.2, 0.25) is 0 Å². The molecule has 3 heterocycles. The molecule has 7 heteroatoms. The molecule has 122 valence electrons. The first-order valence-corrected chi connectivity index (χ1v) is 7.80. The average molecular weight is 322 g/mol. The quantitative estimate of drug-likeness (QED) is 0.583. The van der Waals surface area contributed by atoms with E-state index in [-0.39, 0.29) is 11.0 Å². The molecule has 1 N–H and O–H groups in total. The lowest BCUT2D eigenvalue weighted by molar-refractivity contribution is 0.559. The fourth-order valence-electron chi connectivity index (χ4n) is 2.76. The van der Waals surface area contributed by atoms with Crippen LogP contribution < -0.4 is 5.56 Å². The smallest absolute Gasteiger partial charge is 0.267 e. The van der Waals surface area contributed by atoms with Gasteiger partial charge in [-0.25, -0.2) is 0 Å². The van der Waals surface area contributed by atoms with Crippen LogP contribution in [0.1, 0.15) is 32.2 Å². The Morgan fingerprint density at radius 3 is 2.50 bits per heavy atom. The van der Waals surface area contributed by atoms with Gasteiger partial charge in [-0.15, -0.1) is 5.10 Å². The van der Waals surface area contributed by atoms with E-state index in [0.29, 0.717) is 11.3 Å². The number of H-pyrrole nitrogens is 1. The largest absolute Gasteiger partial charge is 0.282 e. The molecule has 4 rings (SSSR count). The minimum Gasteiger partial charge on any atom is -0.267 e. The van der Waals surface area contributed by atoms with Crippen LogP contribution in [0.4, 0.5) is 0 Å². The summed E-state index contributed by atoms with van der Waals surface area (Å²) >= 11 is 0. The number of aryl methyl sites for hydroxylation is 1. The molecule has 0 fully saturated rings. The van der Waals surface area contributed by atoms with E-state index in [1.807, 2.05) is 31.2 Å². The number of aromatic amines is 1. The molecule has 4 aromatic rings. The predicted molar refractivity (Wildman–Crippen MR) is 91.7 cm³/mol. The third-order valence-electron chi connectivity index (χ3n) is 4.12. The highest BCUT2D eigenvalue weighted by molar-refractivity contribution is 5.83. The Bertz CT molecular complexity index is 1130. The average Bonchev–Trinajstić information content (AvgIpc) is 3.11. The van der Waals surface area contributed by atoms with Gasteiger partial charge in [0, 0.05) is 16.9 Å². The topological polar surface area (TPSA) is 80.9 Å². The number of nitrogens with one attached hydrogen (secondary N) is 1. The number of benzene rings is 1. The zero-order valence-electron chi connectivity index (χ0n) is 14.0. The summed E-state index contributed by atoms with van der Waals surface area (Å²) in [6.45, 7) is 8.15. The molecule has 0 atom stereocenters. The van der Waals surface area contributed by atoms with Gasteiger partial charge >= 0.3 is 0 Å². The second kappa shape index (κ2) is 4.77. The lowest BCUT2D eigenvalue weighted by atomic mass is 9.93. The summed E-state index contributed by atoms with van der Waals surface area (Å²) in [7, 11) is 0. The highest BCUT2D eigenvalue weighted by Gasteiger charge is 2.21. The van der Waals surface area contributed by atoms with Crippen molar-refractivity contribution >= 4 is 16.4 Å². The van der Waals surface area contributed by atoms with Crippen LogP contribution in [-0.4, -0.2) is 29.6 Å². The minimum absolute atomic E-state index is 0.0954. The van der Waals surface area contributed by atoms with Crippen molar-refractivity contribution in [1.29, 1.82) is 0 Å². The number of aromatic nitrogens is 6. The summed E-state index contributed by atoms with van der Waals surface area (Å²) in [5.41, 5.74) is 2.11. The monoisotopic (exact) mass is 322 g/mol. The Kier molecular flexibility index (Phi) is 2.90. The summed E-state index contributed by atoms with van der Waals surface area (Å²) in [6, 6.07) is 9.39. The maximum atomic E-state index is 12.8. The van der Waals surface area contributed by atoms with E-state index in [1.54, 1.807) is 10.6 Å². The first-order valence-electron chi connectivity index (χ1n) is 7.80. The molecule has 0 radical (unpaired) electrons. The third-order valence-corrected chi connectivity index (χ3v) is 4.12. The molecule has 0 bridgehead atoms. The fourth-order valence-corrected chi connectivity index (χ4v) is 2.76. The Labute approximate surface area is 137 Å². The minimum atomic E-state index is -0.211. The Morgan fingerprint density at radius 2 is 1.79 bits per heavy atom. The standard InChI is InChI=1S/C17H18N6O/c1-10-11-7-5-6-8-12(11)15(24)23(20-10)16-19-18-14-9-13(17(2,3)4)21-22(14)16/h5-9,18H,1-4H3. The zero-order chi connectivity index (χ0) is 17.1. The maximum absolute atomic E-state index is 12.8. The van der Waals surface area contributed by atoms with Crippen molar-refractivity contribution in [3.63, 3.8) is 0 Å². The van der Waals surface area contributed by atoms with Crippen molar-refractivity contribution in [3.8, 4) is 5.95 Å². The number of hydrogen-bond donors (Lipinski definition) is 1. The second-order valence-electron chi connectivity index (χ2n) is 6.95. The summed E-state index contributed by atoms with van der Waals surface area (Å²) in [6.07, 6.45) is 0. The van der Waals surface area contributed by atoms with Crippen LogP contribution in [0.2, 0.25) is 0 Å². The van der Waals surface area contributed by atoms with Gasteiger partial charge in [-0.05, 0) is 13.0 Å². The van der Waals surface area contributed by atoms with Gasteiger partial charge in [-0.3, -0.25) is 9.89 Å². The van der Waals surface area contributed by atoms with Gasteiger partial charge in [0.05, 0.1) is 16.8 Å². The maximum Gasteiger partial charge on any atom is 0.282 e. The van der Waals surface area contributed by atoms with Crippen LogP contribution in [0.5, 0.6) is 0 Å². The lowest BCUT2D eigenvalue weighted by Crippen LogP contribution is -2.24. The van der Waals surface area contributed by atoms with E-state index in [1.165, 1.54) is 4.68 Å². The van der Waals surface area contributed by atoms with Crippen molar-refractivity contribution in [1.82, 2.24) is 29.6 Å². The summed E-state index contributed by atoms with van der Waals surface area (Å²) < 4.78 is 2.93. The van der Waals surface area contributed by atoms with Gasteiger partial charge in [0.1, 0.15) is 0 Å². The first-order chi connectivity index (χ1) is 11.4. The van der Waals surface area contributed by atoms with Crippen molar-refractivity contribution < 1.29 is 0 Å². The van der Waals surface area contributed by atoms with Crippen LogP contribution in [0, 0.1) is 6.92 Å². The van der Waals surface area contributed by atoms with Crippen LogP contribution in [0.15, 0.2) is 35.1 Å². The van der Waals surface area contributed by atoms with Gasteiger partial charge in [-0.2, -0.15) is 19.4 Å². The molecule has 0 unspecified atom stereocenters. The van der Waals surface area contributed by atoms with E-state index in [4.69, 9.17) is 0 Å². The summed E-state index contributed by atoms with van der Waals surface area (Å²) in [5, 5.41) is 17.6. The molecule has 0 aliphatic rings. The van der Waals surface area contributed by atoms with E-state index in [2.05, 4.69) is 41.2 Å². The van der Waals surface area contributed by atoms with Crippen LogP contribution in [0.25, 0.3) is 22.4 Å². The second-order valence-corrected chi connectivity index (χ2v) is 6.95. The normalized spacial score (nSPS) is 12.3. The molecular formula is C17H18N6O. The van der Waals surface area contributed by atoms with Crippen molar-refractivity contribution in [2.45, 2.75) is 33.1 Å². The van der Waals surface area contributed by atoms with Crippen molar-refractivity contribution in [2.75, 3.05) is 0 Å². The molecule has 0 amide bonds. The fraction of sp³-hybridized carbons (Fsp3) is 0.294. The lowest BCUT2D eigenvalue weighted by Gasteiger charge is -2.13. The molecule has 0 saturated heterocycles. The highest BCUT2D eigenvalue weighted by atomic mass is 16.1. The highest BCUT2D eigenvalue weighted by Crippen LogP contribution is 2.22. The van der Waals surface area contributed by atoms with E-state index in [9.17, 15) is 4.79 Å². The molecule has 0 aliphatic carbocycles. The number of nitrogens with zero attached hydrogens (tertiary/aromatic N) is 5. The van der Waals surface area contributed by atoms with Crippen LogP contribution in [0.3, 0.4) is 0 Å². The Balaban J connectivity index is 2.01. The van der Waals surface area contributed by atoms with E-state index < -0.39 is 0 Å². The molecule has 7 nitrogen and oxygen atoms in total. The van der Waals surface area contributed by atoms with Crippen LogP contribution >= 0.6 is 0 Å². The molecule has 0 saturated carbocycles. The van der Waals surface area contributed by atoms with Crippen molar-refractivity contribution in [3.05, 3.63) is 52.1 Å². The number of hydrogen-bond acceptors (Lipinski definition) is 4. The summed E-state index contributed by atoms with van der Waals surface area (Å²) in [5.74, 6) is 0.361. The Hall–Kier alpha value is -2.96. The Morgan fingerprint density at radius 1 is 1.08 bits per heavy atom. The van der Waals surface area contributed by atoms with Gasteiger partial charge < -0.3 is 0 Å². The van der Waals surface area contributed by atoms with Crippen molar-refractivity contribution in [2.24, 2.45) is 0 Å². The SMILES string of the molecule is Cc1nn(-c2n[nH]c3cc(C(C)(C)C)nn23)c(=O)c2ccccc12. The molecular weight excluding hydrogens is 304 g/mol. The molecule has 3 aromatic heterocycles. The van der Waals surface area contributed by atoms with Gasteiger partial charge in [0.15, 0.2) is 5.65 Å². The van der Waals surface area contributed by atoms with Gasteiger partial charge in [-0.1, -0.05) is 39.0 Å². The van der Waals surface area contributed by atoms with Crippen LogP contribution in [-0.2, 0) is 5.41 Å². The first kappa shape index (κ1) is 14.6. The molecule has 0 spiro atoms.